The lowest BCUT2D eigenvalue weighted by atomic mass is 9.86. The zero-order valence-electron chi connectivity index (χ0n) is 20.3. The smallest absolute Gasteiger partial charge is 0.244 e. The van der Waals surface area contributed by atoms with E-state index in [0.29, 0.717) is 35.9 Å². The van der Waals surface area contributed by atoms with E-state index >= 15 is 0 Å². The van der Waals surface area contributed by atoms with Gasteiger partial charge in [0.05, 0.1) is 10.3 Å². The molecule has 0 spiro atoms. The Bertz CT molecular complexity index is 1200. The minimum absolute atomic E-state index is 0.138. The summed E-state index contributed by atoms with van der Waals surface area (Å²) in [5, 5.41) is 2.85. The first kappa shape index (κ1) is 24.4. The largest absolute Gasteiger partial charge is 0.325 e. The van der Waals surface area contributed by atoms with Gasteiger partial charge in [-0.15, -0.1) is 0 Å². The number of nitrogens with one attached hydrogen (secondary N) is 1. The Labute approximate surface area is 202 Å². The predicted octanol–water partition coefficient (Wildman–Crippen LogP) is 3.93. The Morgan fingerprint density at radius 2 is 1.74 bits per heavy atom. The van der Waals surface area contributed by atoms with Gasteiger partial charge in [-0.05, 0) is 80.5 Å². The van der Waals surface area contributed by atoms with E-state index in [1.807, 2.05) is 24.3 Å². The summed E-state index contributed by atoms with van der Waals surface area (Å²) in [6.07, 6.45) is 2.60. The topological polar surface area (TPSA) is 86.8 Å². The molecule has 1 N–H and O–H groups in total. The average molecular weight is 484 g/mol. The molecule has 2 aromatic rings. The van der Waals surface area contributed by atoms with Gasteiger partial charge in [0, 0.05) is 24.5 Å². The molecule has 2 heterocycles. The van der Waals surface area contributed by atoms with Gasteiger partial charge in [-0.1, -0.05) is 26.0 Å². The Morgan fingerprint density at radius 3 is 2.35 bits per heavy atom. The molecule has 2 aliphatic heterocycles. The average Bonchev–Trinajstić information content (AvgIpc) is 3.00. The summed E-state index contributed by atoms with van der Waals surface area (Å²) in [5.41, 5.74) is 2.13. The molecule has 182 valence electrons. The van der Waals surface area contributed by atoms with Crippen LogP contribution < -0.4 is 10.2 Å². The van der Waals surface area contributed by atoms with Gasteiger partial charge in [-0.3, -0.25) is 9.59 Å². The van der Waals surface area contributed by atoms with Crippen molar-refractivity contribution in [3.8, 4) is 0 Å². The van der Waals surface area contributed by atoms with E-state index in [4.69, 9.17) is 0 Å². The molecule has 1 saturated heterocycles. The van der Waals surface area contributed by atoms with Crippen molar-refractivity contribution in [3.63, 3.8) is 0 Å². The maximum Gasteiger partial charge on any atom is 0.244 e. The van der Waals surface area contributed by atoms with Crippen LogP contribution in [0, 0.1) is 5.92 Å². The van der Waals surface area contributed by atoms with Crippen molar-refractivity contribution in [1.82, 2.24) is 4.31 Å². The number of piperidine rings is 1. The lowest BCUT2D eigenvalue weighted by molar-refractivity contribution is -0.124. The minimum atomic E-state index is -3.64. The highest BCUT2D eigenvalue weighted by molar-refractivity contribution is 7.89. The van der Waals surface area contributed by atoms with Gasteiger partial charge >= 0.3 is 0 Å². The number of hydrogen-bond acceptors (Lipinski definition) is 4. The van der Waals surface area contributed by atoms with Gasteiger partial charge in [0.25, 0.3) is 0 Å². The quantitative estimate of drug-likeness (QED) is 0.674. The highest BCUT2D eigenvalue weighted by atomic mass is 32.2. The molecule has 0 atom stereocenters. The van der Waals surface area contributed by atoms with E-state index in [1.54, 1.807) is 32.0 Å². The van der Waals surface area contributed by atoms with Crippen LogP contribution in [0.4, 0.5) is 11.4 Å². The normalized spacial score (nSPS) is 18.7. The number of benzene rings is 2. The van der Waals surface area contributed by atoms with Crippen LogP contribution >= 0.6 is 0 Å². The van der Waals surface area contributed by atoms with Crippen LogP contribution in [0.3, 0.4) is 0 Å². The first-order chi connectivity index (χ1) is 16.0. The molecule has 1 fully saturated rings. The number of aryl methyl sites for hydroxylation is 1. The Hall–Kier alpha value is -2.71. The van der Waals surface area contributed by atoms with Crippen molar-refractivity contribution >= 4 is 33.2 Å². The molecule has 0 radical (unpaired) electrons. The van der Waals surface area contributed by atoms with Gasteiger partial charge in [0.15, 0.2) is 0 Å². The molecule has 0 aromatic heterocycles. The lowest BCUT2D eigenvalue weighted by Gasteiger charge is -2.29. The summed E-state index contributed by atoms with van der Waals surface area (Å²) < 4.78 is 28.1. The summed E-state index contributed by atoms with van der Waals surface area (Å²) in [7, 11) is -3.64. The van der Waals surface area contributed by atoms with Gasteiger partial charge in [0.2, 0.25) is 21.8 Å². The van der Waals surface area contributed by atoms with Gasteiger partial charge < -0.3 is 10.2 Å². The number of fused-ring (bicyclic) bond motifs is 1. The number of sulfonamides is 1. The van der Waals surface area contributed by atoms with Crippen LogP contribution in [0.5, 0.6) is 0 Å². The lowest BCUT2D eigenvalue weighted by Crippen LogP contribution is -2.40. The fourth-order valence-electron chi connectivity index (χ4n) is 4.67. The Morgan fingerprint density at radius 1 is 1.09 bits per heavy atom. The maximum absolute atomic E-state index is 13.3. The van der Waals surface area contributed by atoms with Crippen molar-refractivity contribution < 1.29 is 18.0 Å². The molecule has 0 unspecified atom stereocenters. The second-order valence-corrected chi connectivity index (χ2v) is 11.8. The van der Waals surface area contributed by atoms with E-state index in [0.717, 1.165) is 19.3 Å². The summed E-state index contributed by atoms with van der Waals surface area (Å²) in [4.78, 5) is 27.6. The fourth-order valence-corrected chi connectivity index (χ4v) is 6.17. The molecule has 0 saturated carbocycles. The molecule has 2 aliphatic rings. The number of carbonyl (C=O) groups excluding carboxylic acids is 2. The highest BCUT2D eigenvalue weighted by Crippen LogP contribution is 2.43. The number of carbonyl (C=O) groups is 2. The fraction of sp³-hybridized carbons (Fsp3) is 0.462. The Balaban J connectivity index is 1.56. The Kier molecular flexibility index (Phi) is 6.57. The molecule has 8 heteroatoms. The third-order valence-electron chi connectivity index (χ3n) is 7.04. The van der Waals surface area contributed by atoms with E-state index < -0.39 is 15.4 Å². The third-order valence-corrected chi connectivity index (χ3v) is 8.93. The van der Waals surface area contributed by atoms with E-state index in [-0.39, 0.29) is 23.3 Å². The predicted molar refractivity (Wildman–Crippen MR) is 133 cm³/mol. The van der Waals surface area contributed by atoms with Crippen molar-refractivity contribution in [2.24, 2.45) is 5.92 Å². The number of anilines is 2. The standard InChI is InChI=1S/C26H33N3O4S/c1-5-19-6-8-20(9-7-19)27-24(30)17-29-23-11-10-21(16-22(23)26(3,4)25(29)31)34(32,33)28-14-12-18(2)13-15-28/h6-11,16,18H,5,12-15,17H2,1-4H3,(H,27,30). The number of rotatable bonds is 6. The van der Waals surface area contributed by atoms with Gasteiger partial charge in [-0.2, -0.15) is 4.31 Å². The van der Waals surface area contributed by atoms with Crippen LogP contribution in [-0.2, 0) is 31.4 Å². The molecule has 0 bridgehead atoms. The van der Waals surface area contributed by atoms with Crippen molar-refractivity contribution in [1.29, 1.82) is 0 Å². The number of hydrogen-bond donors (Lipinski definition) is 1. The molecule has 7 nitrogen and oxygen atoms in total. The van der Waals surface area contributed by atoms with Crippen LogP contribution in [-0.4, -0.2) is 44.2 Å². The van der Waals surface area contributed by atoms with Crippen LogP contribution in [0.2, 0.25) is 0 Å². The highest BCUT2D eigenvalue weighted by Gasteiger charge is 2.45. The van der Waals surface area contributed by atoms with Crippen LogP contribution in [0.25, 0.3) is 0 Å². The van der Waals surface area contributed by atoms with E-state index in [9.17, 15) is 18.0 Å². The van der Waals surface area contributed by atoms with Crippen molar-refractivity contribution in [3.05, 3.63) is 53.6 Å². The summed E-state index contributed by atoms with van der Waals surface area (Å²) in [5.74, 6) is -0.00646. The molecule has 4 rings (SSSR count). The minimum Gasteiger partial charge on any atom is -0.325 e. The van der Waals surface area contributed by atoms with Crippen LogP contribution in [0.15, 0.2) is 47.4 Å². The summed E-state index contributed by atoms with van der Waals surface area (Å²) in [6, 6.07) is 12.4. The molecular weight excluding hydrogens is 450 g/mol. The van der Waals surface area contributed by atoms with E-state index in [2.05, 4.69) is 19.2 Å². The van der Waals surface area contributed by atoms with Crippen molar-refractivity contribution in [2.75, 3.05) is 29.9 Å². The van der Waals surface area contributed by atoms with Crippen molar-refractivity contribution in [2.45, 2.75) is 57.3 Å². The molecule has 0 aliphatic carbocycles. The zero-order chi connectivity index (χ0) is 24.7. The monoisotopic (exact) mass is 483 g/mol. The summed E-state index contributed by atoms with van der Waals surface area (Å²) in [6.45, 7) is 8.63. The molecule has 34 heavy (non-hydrogen) atoms. The van der Waals surface area contributed by atoms with E-state index in [1.165, 1.54) is 14.8 Å². The molecular formula is C26H33N3O4S. The number of nitrogens with zero attached hydrogens (tertiary/aromatic N) is 2. The first-order valence-corrected chi connectivity index (χ1v) is 13.3. The van der Waals surface area contributed by atoms with Crippen LogP contribution in [0.1, 0.15) is 51.7 Å². The number of amides is 2. The SMILES string of the molecule is CCc1ccc(NC(=O)CN2C(=O)C(C)(C)c3cc(S(=O)(=O)N4CCC(C)CC4)ccc32)cc1. The third kappa shape index (κ3) is 4.49. The first-order valence-electron chi connectivity index (χ1n) is 11.9. The maximum atomic E-state index is 13.3. The second kappa shape index (κ2) is 9.15. The second-order valence-electron chi connectivity index (χ2n) is 9.88. The van der Waals surface area contributed by atoms with Gasteiger partial charge in [0.1, 0.15) is 6.54 Å². The molecule has 2 amide bonds. The van der Waals surface area contributed by atoms with Gasteiger partial charge in [-0.25, -0.2) is 8.42 Å². The molecule has 2 aromatic carbocycles. The summed E-state index contributed by atoms with van der Waals surface area (Å²) >= 11 is 0. The zero-order valence-corrected chi connectivity index (χ0v) is 21.1.